The van der Waals surface area contributed by atoms with Gasteiger partial charge in [-0.15, -0.1) is 0 Å². The number of aliphatic hydroxyl groups is 1. The number of ketones is 1. The number of nitrogens with two attached hydrogens (primary N) is 1. The molecule has 0 atom stereocenters. The summed E-state index contributed by atoms with van der Waals surface area (Å²) in [6, 6.07) is 21.6. The number of hydrazone groups is 1. The Morgan fingerprint density at radius 3 is 1.29 bits per heavy atom. The standard InChI is InChI=1S/2C16H21N3O2.C9H12N2O2.C7H11NO.C2H4O2.CH4O/c2*1-11-12(7-6-8-13(11)21-5)15(20)19-18-14(9-10-17)16(2,3)4;1-6-7(9(12)11-10)4-3-5-8(6)13-2;1-7(2,3)6(9)4-5-8;1-2(3)4;1-2/h6-8H,9H2,1-5H3,(H,19,20);6-9,18H,1-5H3,(H,19,20);3-5H,10H2,1-2H3,(H,11,12);4H2,1-3H3;1H3,(H,3,4);2H,1H3/b18-14-;14-9+;;;;. The van der Waals surface area contributed by atoms with E-state index < -0.39 is 5.97 Å². The molecular weight excluding hydrogens is 899 g/mol. The second kappa shape index (κ2) is 33.6. The quantitative estimate of drug-likeness (QED) is 0.0320. The van der Waals surface area contributed by atoms with E-state index in [-0.39, 0.29) is 52.6 Å². The zero-order chi connectivity index (χ0) is 55.0. The third kappa shape index (κ3) is 25.4. The first kappa shape index (κ1) is 66.5. The summed E-state index contributed by atoms with van der Waals surface area (Å²) in [7, 11) is 5.69. The lowest BCUT2D eigenvalue weighted by Crippen LogP contribution is -2.40. The highest BCUT2D eigenvalue weighted by atomic mass is 16.5. The van der Waals surface area contributed by atoms with Crippen LogP contribution in [0.4, 0.5) is 0 Å². The fraction of sp³-hybridized carbons (Fsp3) is 0.431. The molecule has 3 aromatic rings. The highest BCUT2D eigenvalue weighted by molar-refractivity contribution is 5.98. The Kier molecular flexibility index (Phi) is 32.0. The van der Waals surface area contributed by atoms with Crippen LogP contribution in [-0.4, -0.2) is 73.8 Å². The topological polar surface area (TPSA) is 311 Å². The summed E-state index contributed by atoms with van der Waals surface area (Å²) in [6.45, 7) is 23.7. The molecular formula is C51H73N9O10. The van der Waals surface area contributed by atoms with E-state index in [2.05, 4.69) is 32.9 Å². The number of ether oxygens (including phenoxy) is 3. The SMILES string of the molecule is CC(=O)O.CC(C)(C)C(=O)CC#N.CO.COc1cccc(C(=O)N/N=C(/CC#N)C(C)(C)C)c1C.COc1cccc(C(=O)NN)c1C.COc1cccc(C(=O)NN/C(=C/C#N)C(C)(C)C)c1C. The van der Waals surface area contributed by atoms with Crippen LogP contribution >= 0.6 is 0 Å². The Bertz CT molecular complexity index is 2370. The van der Waals surface area contributed by atoms with Crippen molar-refractivity contribution in [2.24, 2.45) is 27.2 Å². The number of methoxy groups -OCH3 is 3. The van der Waals surface area contributed by atoms with Gasteiger partial charge in [-0.3, -0.25) is 34.8 Å². The van der Waals surface area contributed by atoms with Crippen molar-refractivity contribution >= 4 is 35.2 Å². The zero-order valence-corrected chi connectivity index (χ0v) is 43.7. The van der Waals surface area contributed by atoms with Crippen molar-refractivity contribution in [2.75, 3.05) is 28.4 Å². The molecule has 3 rings (SSSR count). The van der Waals surface area contributed by atoms with Crippen molar-refractivity contribution in [1.82, 2.24) is 21.7 Å². The van der Waals surface area contributed by atoms with E-state index in [0.717, 1.165) is 30.7 Å². The van der Waals surface area contributed by atoms with Crippen LogP contribution in [0.5, 0.6) is 17.2 Å². The minimum atomic E-state index is -0.833. The summed E-state index contributed by atoms with van der Waals surface area (Å²) in [5.74, 6) is 5.29. The number of hydrogen-bond donors (Lipinski definition) is 7. The van der Waals surface area contributed by atoms with Crippen molar-refractivity contribution in [3.63, 3.8) is 0 Å². The van der Waals surface area contributed by atoms with Gasteiger partial charge < -0.3 is 29.8 Å². The molecule has 0 aromatic heterocycles. The maximum atomic E-state index is 12.2. The molecule has 0 aliphatic rings. The van der Waals surface area contributed by atoms with Gasteiger partial charge in [0.1, 0.15) is 17.2 Å². The summed E-state index contributed by atoms with van der Waals surface area (Å²) in [5.41, 5.74) is 14.3. The van der Waals surface area contributed by atoms with Gasteiger partial charge in [-0.2, -0.15) is 20.9 Å². The van der Waals surface area contributed by atoms with Crippen LogP contribution < -0.4 is 41.8 Å². The van der Waals surface area contributed by atoms with E-state index in [9.17, 15) is 19.2 Å². The molecule has 0 saturated carbocycles. The lowest BCUT2D eigenvalue weighted by atomic mass is 9.88. The molecule has 19 nitrogen and oxygen atoms in total. The highest BCUT2D eigenvalue weighted by Crippen LogP contribution is 2.25. The number of amides is 3. The van der Waals surface area contributed by atoms with Gasteiger partial charge in [0.25, 0.3) is 23.7 Å². The number of Topliss-reactive ketones (excluding diaryl/α,β-unsaturated/α-hetero) is 1. The van der Waals surface area contributed by atoms with Crippen molar-refractivity contribution in [3.8, 4) is 35.5 Å². The number of carbonyl (C=O) groups excluding carboxylic acids is 4. The molecule has 0 aliphatic carbocycles. The molecule has 0 unspecified atom stereocenters. The van der Waals surface area contributed by atoms with E-state index in [1.165, 1.54) is 6.08 Å². The van der Waals surface area contributed by atoms with Crippen LogP contribution in [-0.2, 0) is 9.59 Å². The third-order valence-corrected chi connectivity index (χ3v) is 9.19. The summed E-state index contributed by atoms with van der Waals surface area (Å²) in [5, 5.41) is 44.3. The van der Waals surface area contributed by atoms with Crippen molar-refractivity contribution in [3.05, 3.63) is 99.8 Å². The first-order valence-electron chi connectivity index (χ1n) is 21.4. The number of aliphatic carboxylic acids is 1. The van der Waals surface area contributed by atoms with E-state index in [4.69, 9.17) is 50.8 Å². The van der Waals surface area contributed by atoms with Gasteiger partial charge in [0.2, 0.25) is 0 Å². The van der Waals surface area contributed by atoms with Crippen molar-refractivity contribution in [1.29, 1.82) is 15.8 Å². The van der Waals surface area contributed by atoms with Crippen LogP contribution in [0.3, 0.4) is 0 Å². The van der Waals surface area contributed by atoms with Crippen LogP contribution in [0.25, 0.3) is 0 Å². The fourth-order valence-corrected chi connectivity index (χ4v) is 5.08. The maximum absolute atomic E-state index is 12.2. The number of hydrazine groups is 2. The molecule has 8 N–H and O–H groups in total. The number of nitrogen functional groups attached to an aromatic ring is 1. The first-order valence-corrected chi connectivity index (χ1v) is 21.4. The lowest BCUT2D eigenvalue weighted by Gasteiger charge is -2.24. The average molecular weight is 972 g/mol. The molecule has 0 saturated heterocycles. The lowest BCUT2D eigenvalue weighted by molar-refractivity contribution is -0.134. The molecule has 0 heterocycles. The van der Waals surface area contributed by atoms with E-state index >= 15 is 0 Å². The molecule has 0 fully saturated rings. The van der Waals surface area contributed by atoms with Crippen LogP contribution in [0.2, 0.25) is 0 Å². The van der Waals surface area contributed by atoms with Gasteiger partial charge in [-0.05, 0) is 57.2 Å². The molecule has 19 heteroatoms. The number of hydrogen-bond acceptors (Lipinski definition) is 15. The zero-order valence-electron chi connectivity index (χ0n) is 43.7. The van der Waals surface area contributed by atoms with Gasteiger partial charge in [0.05, 0.1) is 58.1 Å². The number of carbonyl (C=O) groups is 5. The fourth-order valence-electron chi connectivity index (χ4n) is 5.08. The highest BCUT2D eigenvalue weighted by Gasteiger charge is 2.22. The van der Waals surface area contributed by atoms with E-state index in [1.54, 1.807) is 75.9 Å². The number of carboxylic acids is 1. The number of carboxylic acid groups (broad SMARTS) is 1. The number of aliphatic hydroxyl groups excluding tert-OH is 1. The van der Waals surface area contributed by atoms with Gasteiger partial charge in [0, 0.05) is 75.4 Å². The van der Waals surface area contributed by atoms with Gasteiger partial charge in [0.15, 0.2) is 5.78 Å². The van der Waals surface area contributed by atoms with Gasteiger partial charge in [-0.1, -0.05) is 80.5 Å². The Balaban J connectivity index is -0.000000855. The van der Waals surface area contributed by atoms with E-state index in [0.29, 0.717) is 45.3 Å². The Hall–Kier alpha value is -7.79. The number of nitrogens with zero attached hydrogens (tertiary/aromatic N) is 4. The number of allylic oxidation sites excluding steroid dienone is 2. The van der Waals surface area contributed by atoms with Crippen LogP contribution in [0, 0.1) is 71.0 Å². The van der Waals surface area contributed by atoms with Crippen molar-refractivity contribution in [2.45, 2.75) is 103 Å². The molecule has 3 aromatic carbocycles. The predicted octanol–water partition coefficient (Wildman–Crippen LogP) is 7.56. The number of benzene rings is 3. The third-order valence-electron chi connectivity index (χ3n) is 9.19. The van der Waals surface area contributed by atoms with Crippen LogP contribution in [0.1, 0.15) is 130 Å². The summed E-state index contributed by atoms with van der Waals surface area (Å²) in [4.78, 5) is 55.5. The van der Waals surface area contributed by atoms with Crippen molar-refractivity contribution < 1.29 is 48.4 Å². The molecule has 0 radical (unpaired) electrons. The minimum Gasteiger partial charge on any atom is -0.496 e. The molecule has 0 aliphatic heterocycles. The second-order valence-electron chi connectivity index (χ2n) is 17.5. The Morgan fingerprint density at radius 2 is 1.00 bits per heavy atom. The number of rotatable bonds is 11. The normalized spacial score (nSPS) is 10.5. The second-order valence-corrected chi connectivity index (χ2v) is 17.5. The van der Waals surface area contributed by atoms with E-state index in [1.807, 2.05) is 95.2 Å². The largest absolute Gasteiger partial charge is 0.496 e. The number of nitriles is 3. The van der Waals surface area contributed by atoms with Crippen LogP contribution in [0.15, 0.2) is 71.5 Å². The maximum Gasteiger partial charge on any atom is 0.300 e. The molecule has 0 spiro atoms. The summed E-state index contributed by atoms with van der Waals surface area (Å²) < 4.78 is 15.5. The average Bonchev–Trinajstić information content (AvgIpc) is 3.29. The predicted molar refractivity (Wildman–Crippen MR) is 269 cm³/mol. The summed E-state index contributed by atoms with van der Waals surface area (Å²) >= 11 is 0. The number of nitrogens with one attached hydrogen (secondary N) is 4. The van der Waals surface area contributed by atoms with Gasteiger partial charge in [-0.25, -0.2) is 11.3 Å². The smallest absolute Gasteiger partial charge is 0.300 e. The monoisotopic (exact) mass is 972 g/mol. The molecule has 3 amide bonds. The molecule has 382 valence electrons. The molecule has 0 bridgehead atoms. The molecule has 70 heavy (non-hydrogen) atoms. The first-order chi connectivity index (χ1) is 32.5. The Labute approximate surface area is 413 Å². The Morgan fingerprint density at radius 1 is 0.629 bits per heavy atom. The minimum absolute atomic E-state index is 0.00463. The summed E-state index contributed by atoms with van der Waals surface area (Å²) in [6.07, 6.45) is 1.60. The van der Waals surface area contributed by atoms with Gasteiger partial charge >= 0.3 is 0 Å².